The maximum absolute atomic E-state index is 13.0. The van der Waals surface area contributed by atoms with Gasteiger partial charge in [-0.1, -0.05) is 84.4 Å². The Morgan fingerprint density at radius 1 is 0.868 bits per heavy atom. The van der Waals surface area contributed by atoms with Crippen LogP contribution in [0.2, 0.25) is 5.02 Å². The van der Waals surface area contributed by atoms with Crippen LogP contribution in [-0.4, -0.2) is 40.3 Å². The number of rotatable bonds is 10. The summed E-state index contributed by atoms with van der Waals surface area (Å²) < 4.78 is 0. The van der Waals surface area contributed by atoms with Crippen molar-refractivity contribution in [3.05, 3.63) is 123 Å². The molecule has 0 N–H and O–H groups in total. The topological polar surface area (TPSA) is 36.4 Å². The lowest BCUT2D eigenvalue weighted by Gasteiger charge is -2.26. The largest absolute Gasteiger partial charge is 0.337 e. The molecule has 0 unspecified atom stereocenters. The molecule has 0 bridgehead atoms. The minimum Gasteiger partial charge on any atom is -0.337 e. The van der Waals surface area contributed by atoms with Crippen molar-refractivity contribution in [3.8, 4) is 0 Å². The molecule has 4 aromatic rings. The van der Waals surface area contributed by atoms with Crippen molar-refractivity contribution < 1.29 is 4.79 Å². The first-order valence-corrected chi connectivity index (χ1v) is 14.7. The molecule has 196 valence electrons. The molecule has 1 aromatic heterocycles. The van der Waals surface area contributed by atoms with Crippen LogP contribution in [0.25, 0.3) is 0 Å². The lowest BCUT2D eigenvalue weighted by atomic mass is 9.88. The van der Waals surface area contributed by atoms with Gasteiger partial charge < -0.3 is 4.90 Å². The second kappa shape index (κ2) is 13.2. The quantitative estimate of drug-likeness (QED) is 0.206. The predicted octanol–water partition coefficient (Wildman–Crippen LogP) is 7.65. The summed E-state index contributed by atoms with van der Waals surface area (Å²) >= 11 is 7.74. The van der Waals surface area contributed by atoms with Gasteiger partial charge in [-0.25, -0.2) is 4.98 Å². The first-order chi connectivity index (χ1) is 18.7. The molecule has 0 spiro atoms. The van der Waals surface area contributed by atoms with E-state index in [-0.39, 0.29) is 5.91 Å². The molecule has 1 fully saturated rings. The van der Waals surface area contributed by atoms with Crippen LogP contribution in [0.15, 0.2) is 90.3 Å². The molecular weight excluding hydrogens is 510 g/mol. The van der Waals surface area contributed by atoms with E-state index in [9.17, 15) is 4.79 Å². The highest BCUT2D eigenvalue weighted by molar-refractivity contribution is 7.09. The molecule has 2 heterocycles. The molecule has 38 heavy (non-hydrogen) atoms. The fraction of sp³-hybridized carbons (Fsp3) is 0.312. The number of hydrogen-bond donors (Lipinski definition) is 0. The van der Waals surface area contributed by atoms with Gasteiger partial charge >= 0.3 is 0 Å². The predicted molar refractivity (Wildman–Crippen MR) is 157 cm³/mol. The van der Waals surface area contributed by atoms with E-state index in [1.54, 1.807) is 11.3 Å². The molecule has 1 aliphatic rings. The Kier molecular flexibility index (Phi) is 9.24. The van der Waals surface area contributed by atoms with E-state index in [0.29, 0.717) is 18.2 Å². The van der Waals surface area contributed by atoms with Crippen LogP contribution in [0.5, 0.6) is 0 Å². The molecule has 1 saturated heterocycles. The van der Waals surface area contributed by atoms with Gasteiger partial charge in [-0.2, -0.15) is 0 Å². The highest BCUT2D eigenvalue weighted by Gasteiger charge is 2.22. The number of carbonyl (C=O) groups excluding carboxylic acids is 1. The Labute approximate surface area is 234 Å². The molecule has 0 saturated carbocycles. The Morgan fingerprint density at radius 3 is 2.13 bits per heavy atom. The van der Waals surface area contributed by atoms with Gasteiger partial charge in [0, 0.05) is 36.0 Å². The molecule has 4 nitrogen and oxygen atoms in total. The number of benzene rings is 3. The zero-order chi connectivity index (χ0) is 26.2. The third kappa shape index (κ3) is 7.10. The number of hydrogen-bond acceptors (Lipinski definition) is 4. The fourth-order valence-electron chi connectivity index (χ4n) is 5.20. The lowest BCUT2D eigenvalue weighted by Crippen LogP contribution is -2.35. The van der Waals surface area contributed by atoms with Crippen molar-refractivity contribution in [3.63, 3.8) is 0 Å². The average Bonchev–Trinajstić information content (AvgIpc) is 3.44. The van der Waals surface area contributed by atoms with E-state index in [1.165, 1.54) is 23.1 Å². The summed E-state index contributed by atoms with van der Waals surface area (Å²) in [4.78, 5) is 22.2. The van der Waals surface area contributed by atoms with Crippen LogP contribution in [-0.2, 0) is 13.1 Å². The van der Waals surface area contributed by atoms with Crippen molar-refractivity contribution in [2.75, 3.05) is 19.6 Å². The molecular formula is C32H34ClN3OS. The molecule has 1 aliphatic heterocycles. The molecule has 0 atom stereocenters. The standard InChI is InChI=1S/C32H34ClN3OS/c33-28-16-14-25(15-17-28)22-35(23-31-34-30(24-38-31)32(37)36-19-8-3-9-20-36)21-18-29(26-10-4-1-5-11-26)27-12-6-2-7-13-27/h1-2,4-7,10-17,24,29H,3,8-9,18-23H2. The smallest absolute Gasteiger partial charge is 0.273 e. The summed E-state index contributed by atoms with van der Waals surface area (Å²) in [5.41, 5.74) is 4.46. The minimum atomic E-state index is 0.0738. The Hall–Kier alpha value is -2.99. The Balaban J connectivity index is 1.33. The van der Waals surface area contributed by atoms with Crippen molar-refractivity contribution in [2.24, 2.45) is 0 Å². The number of thiazole rings is 1. The summed E-state index contributed by atoms with van der Waals surface area (Å²) in [7, 11) is 0. The molecule has 0 radical (unpaired) electrons. The summed E-state index contributed by atoms with van der Waals surface area (Å²) in [5.74, 6) is 0.377. The number of carbonyl (C=O) groups is 1. The third-order valence-electron chi connectivity index (χ3n) is 7.23. The highest BCUT2D eigenvalue weighted by atomic mass is 35.5. The van der Waals surface area contributed by atoms with Gasteiger partial charge in [0.15, 0.2) is 0 Å². The van der Waals surface area contributed by atoms with Crippen molar-refractivity contribution in [2.45, 2.75) is 44.7 Å². The van der Waals surface area contributed by atoms with Gasteiger partial charge in [0.1, 0.15) is 10.7 Å². The van der Waals surface area contributed by atoms with E-state index in [4.69, 9.17) is 16.6 Å². The normalized spacial score (nSPS) is 13.8. The zero-order valence-electron chi connectivity index (χ0n) is 21.6. The van der Waals surface area contributed by atoms with Crippen LogP contribution in [0.3, 0.4) is 0 Å². The number of likely N-dealkylation sites (tertiary alicyclic amines) is 1. The van der Waals surface area contributed by atoms with Gasteiger partial charge in [0.25, 0.3) is 5.91 Å². The number of piperidine rings is 1. The summed E-state index contributed by atoms with van der Waals surface area (Å²) in [6, 6.07) is 29.6. The summed E-state index contributed by atoms with van der Waals surface area (Å²) in [6.07, 6.45) is 4.36. The average molecular weight is 544 g/mol. The molecule has 1 amide bonds. The fourth-order valence-corrected chi connectivity index (χ4v) is 6.14. The zero-order valence-corrected chi connectivity index (χ0v) is 23.2. The number of halogens is 1. The highest BCUT2D eigenvalue weighted by Crippen LogP contribution is 2.29. The SMILES string of the molecule is O=C(c1csc(CN(CCC(c2ccccc2)c2ccccc2)Cc2ccc(Cl)cc2)n1)N1CCCCC1. The van der Waals surface area contributed by atoms with Crippen LogP contribution in [0.4, 0.5) is 0 Å². The number of amides is 1. The second-order valence-electron chi connectivity index (χ2n) is 9.98. The van der Waals surface area contributed by atoms with Gasteiger partial charge in [-0.3, -0.25) is 9.69 Å². The second-order valence-corrected chi connectivity index (χ2v) is 11.4. The Morgan fingerprint density at radius 2 is 1.50 bits per heavy atom. The first kappa shape index (κ1) is 26.6. The lowest BCUT2D eigenvalue weighted by molar-refractivity contribution is 0.0718. The van der Waals surface area contributed by atoms with E-state index in [1.807, 2.05) is 22.4 Å². The molecule has 0 aliphatic carbocycles. The molecule has 5 rings (SSSR count). The van der Waals surface area contributed by atoms with Crippen LogP contribution >= 0.6 is 22.9 Å². The van der Waals surface area contributed by atoms with E-state index in [2.05, 4.69) is 77.7 Å². The number of nitrogens with zero attached hydrogens (tertiary/aromatic N) is 3. The summed E-state index contributed by atoms with van der Waals surface area (Å²) in [5, 5.41) is 3.66. The van der Waals surface area contributed by atoms with Crippen LogP contribution in [0.1, 0.15) is 63.8 Å². The number of aromatic nitrogens is 1. The van der Waals surface area contributed by atoms with Crippen LogP contribution < -0.4 is 0 Å². The summed E-state index contributed by atoms with van der Waals surface area (Å²) in [6.45, 7) is 4.08. The van der Waals surface area contributed by atoms with Crippen molar-refractivity contribution in [1.29, 1.82) is 0 Å². The van der Waals surface area contributed by atoms with E-state index < -0.39 is 0 Å². The maximum Gasteiger partial charge on any atom is 0.273 e. The van der Waals surface area contributed by atoms with Gasteiger partial charge in [0.05, 0.1) is 6.54 Å². The van der Waals surface area contributed by atoms with Gasteiger partial charge in [0.2, 0.25) is 0 Å². The third-order valence-corrected chi connectivity index (χ3v) is 8.32. The first-order valence-electron chi connectivity index (χ1n) is 13.5. The van der Waals surface area contributed by atoms with Gasteiger partial charge in [-0.15, -0.1) is 11.3 Å². The van der Waals surface area contributed by atoms with Gasteiger partial charge in [-0.05, 0) is 61.1 Å². The Bertz CT molecular complexity index is 1250. The minimum absolute atomic E-state index is 0.0738. The van der Waals surface area contributed by atoms with E-state index >= 15 is 0 Å². The van der Waals surface area contributed by atoms with Crippen LogP contribution in [0, 0.1) is 0 Å². The maximum atomic E-state index is 13.0. The monoisotopic (exact) mass is 543 g/mol. The van der Waals surface area contributed by atoms with Crippen molar-refractivity contribution >= 4 is 28.8 Å². The molecule has 3 aromatic carbocycles. The van der Waals surface area contributed by atoms with Crippen molar-refractivity contribution in [1.82, 2.24) is 14.8 Å². The van der Waals surface area contributed by atoms with E-state index in [0.717, 1.165) is 55.5 Å². The molecule has 6 heteroatoms.